The van der Waals surface area contributed by atoms with E-state index >= 15 is 0 Å². The maximum absolute atomic E-state index is 11.6. The van der Waals surface area contributed by atoms with Crippen molar-refractivity contribution in [2.45, 2.75) is 26.2 Å². The van der Waals surface area contributed by atoms with E-state index in [1.807, 2.05) is 27.1 Å². The average molecular weight is 275 g/mol. The molecule has 3 rings (SSSR count). The molecule has 0 radical (unpaired) electrons. The van der Waals surface area contributed by atoms with E-state index in [0.29, 0.717) is 12.4 Å². The number of aromatic nitrogens is 5. The molecule has 1 fully saturated rings. The fraction of sp³-hybridized carbons (Fsp3) is 0.538. The Kier molecular flexibility index (Phi) is 3.04. The van der Waals surface area contributed by atoms with Gasteiger partial charge in [0.1, 0.15) is 5.82 Å². The number of ether oxygens (including phenoxy) is 1. The maximum Gasteiger partial charge on any atom is 0.309 e. The first-order chi connectivity index (χ1) is 9.60. The summed E-state index contributed by atoms with van der Waals surface area (Å²) >= 11 is 0. The number of aryl methyl sites for hydroxylation is 2. The van der Waals surface area contributed by atoms with Gasteiger partial charge in [0.2, 0.25) is 0 Å². The summed E-state index contributed by atoms with van der Waals surface area (Å²) in [5.41, 5.74) is 1.79. The molecular formula is C13H17N5O2. The first-order valence-electron chi connectivity index (χ1n) is 6.69. The SMILES string of the molecule is CCOC(=O)[C@@H]1C[C@H]1c1nc(-c2cn(C)nc2C)n[nH]1. The first kappa shape index (κ1) is 12.8. The van der Waals surface area contributed by atoms with E-state index in [9.17, 15) is 4.79 Å². The normalized spacial score (nSPS) is 20.9. The van der Waals surface area contributed by atoms with Crippen LogP contribution in [0.3, 0.4) is 0 Å². The molecular weight excluding hydrogens is 258 g/mol. The molecule has 1 N–H and O–H groups in total. The second kappa shape index (κ2) is 4.73. The number of hydrogen-bond acceptors (Lipinski definition) is 5. The standard InChI is InChI=1S/C13H17N5O2/c1-4-20-13(19)9-5-8(9)11-14-12(16-15-11)10-6-18(3)17-7(10)2/h6,8-9H,4-5H2,1-3H3,(H,14,15,16)/t8-,9-/m1/s1. The van der Waals surface area contributed by atoms with E-state index in [4.69, 9.17) is 4.74 Å². The van der Waals surface area contributed by atoms with Crippen LogP contribution in [-0.2, 0) is 16.6 Å². The summed E-state index contributed by atoms with van der Waals surface area (Å²) in [6, 6.07) is 0. The van der Waals surface area contributed by atoms with Crippen molar-refractivity contribution in [2.75, 3.05) is 6.61 Å². The molecule has 2 atom stereocenters. The summed E-state index contributed by atoms with van der Waals surface area (Å²) in [4.78, 5) is 16.1. The quantitative estimate of drug-likeness (QED) is 0.847. The summed E-state index contributed by atoms with van der Waals surface area (Å²) in [7, 11) is 1.86. The molecule has 1 aliphatic rings. The average Bonchev–Trinajstić information content (AvgIpc) is 2.93. The number of nitrogens with one attached hydrogen (secondary N) is 1. The summed E-state index contributed by atoms with van der Waals surface area (Å²) in [5, 5.41) is 11.4. The molecule has 0 amide bonds. The van der Waals surface area contributed by atoms with Crippen LogP contribution >= 0.6 is 0 Å². The van der Waals surface area contributed by atoms with Crippen molar-refractivity contribution < 1.29 is 9.53 Å². The van der Waals surface area contributed by atoms with Crippen LogP contribution in [0.1, 0.15) is 30.8 Å². The fourth-order valence-electron chi connectivity index (χ4n) is 2.39. The largest absolute Gasteiger partial charge is 0.466 e. The van der Waals surface area contributed by atoms with Gasteiger partial charge in [-0.05, 0) is 20.3 Å². The Morgan fingerprint density at radius 2 is 2.40 bits per heavy atom. The Morgan fingerprint density at radius 1 is 1.60 bits per heavy atom. The van der Waals surface area contributed by atoms with Crippen molar-refractivity contribution in [3.05, 3.63) is 17.7 Å². The van der Waals surface area contributed by atoms with Gasteiger partial charge in [-0.15, -0.1) is 0 Å². The van der Waals surface area contributed by atoms with Crippen LogP contribution < -0.4 is 0 Å². The highest BCUT2D eigenvalue weighted by Crippen LogP contribution is 2.47. The van der Waals surface area contributed by atoms with Crippen LogP contribution in [0.2, 0.25) is 0 Å². The number of H-pyrrole nitrogens is 1. The second-order valence-electron chi connectivity index (χ2n) is 5.05. The lowest BCUT2D eigenvalue weighted by atomic mass is 10.2. The first-order valence-corrected chi connectivity index (χ1v) is 6.69. The molecule has 7 nitrogen and oxygen atoms in total. The molecule has 1 aliphatic carbocycles. The van der Waals surface area contributed by atoms with Gasteiger partial charge >= 0.3 is 5.97 Å². The van der Waals surface area contributed by atoms with Crippen molar-refractivity contribution in [2.24, 2.45) is 13.0 Å². The van der Waals surface area contributed by atoms with E-state index in [1.165, 1.54) is 0 Å². The molecule has 106 valence electrons. The molecule has 2 heterocycles. The van der Waals surface area contributed by atoms with E-state index in [0.717, 1.165) is 23.5 Å². The van der Waals surface area contributed by atoms with Crippen molar-refractivity contribution in [3.63, 3.8) is 0 Å². The Bertz CT molecular complexity index is 645. The Morgan fingerprint density at radius 3 is 3.05 bits per heavy atom. The predicted molar refractivity (Wildman–Crippen MR) is 70.8 cm³/mol. The second-order valence-corrected chi connectivity index (χ2v) is 5.05. The van der Waals surface area contributed by atoms with Crippen LogP contribution in [-0.4, -0.2) is 37.5 Å². The van der Waals surface area contributed by atoms with Gasteiger partial charge in [0.25, 0.3) is 0 Å². The third kappa shape index (κ3) is 2.19. The molecule has 0 saturated heterocycles. The zero-order valence-electron chi connectivity index (χ0n) is 11.8. The monoisotopic (exact) mass is 275 g/mol. The van der Waals surface area contributed by atoms with Gasteiger partial charge in [0, 0.05) is 19.2 Å². The highest BCUT2D eigenvalue weighted by molar-refractivity contribution is 5.77. The highest BCUT2D eigenvalue weighted by Gasteiger charge is 2.47. The third-order valence-corrected chi connectivity index (χ3v) is 3.49. The topological polar surface area (TPSA) is 85.7 Å². The van der Waals surface area contributed by atoms with Crippen LogP contribution in [0.4, 0.5) is 0 Å². The Hall–Kier alpha value is -2.18. The van der Waals surface area contributed by atoms with Crippen LogP contribution in [0.5, 0.6) is 0 Å². The number of nitrogens with zero attached hydrogens (tertiary/aromatic N) is 4. The number of rotatable bonds is 4. The number of aromatic amines is 1. The molecule has 7 heteroatoms. The third-order valence-electron chi connectivity index (χ3n) is 3.49. The minimum atomic E-state index is -0.145. The predicted octanol–water partition coefficient (Wildman–Crippen LogP) is 1.18. The lowest BCUT2D eigenvalue weighted by Gasteiger charge is -1.98. The molecule has 2 aromatic heterocycles. The van der Waals surface area contributed by atoms with E-state index < -0.39 is 0 Å². The van der Waals surface area contributed by atoms with Crippen molar-refractivity contribution in [1.29, 1.82) is 0 Å². The van der Waals surface area contributed by atoms with Gasteiger partial charge in [0.15, 0.2) is 5.82 Å². The molecule has 0 unspecified atom stereocenters. The van der Waals surface area contributed by atoms with E-state index in [1.54, 1.807) is 4.68 Å². The van der Waals surface area contributed by atoms with Crippen molar-refractivity contribution >= 4 is 5.97 Å². The Balaban J connectivity index is 1.76. The van der Waals surface area contributed by atoms with E-state index in [-0.39, 0.29) is 17.8 Å². The zero-order chi connectivity index (χ0) is 14.3. The molecule has 0 spiro atoms. The van der Waals surface area contributed by atoms with Crippen molar-refractivity contribution in [3.8, 4) is 11.4 Å². The number of carbonyl (C=O) groups is 1. The molecule has 1 saturated carbocycles. The maximum atomic E-state index is 11.6. The van der Waals surface area contributed by atoms with Crippen molar-refractivity contribution in [1.82, 2.24) is 25.0 Å². The highest BCUT2D eigenvalue weighted by atomic mass is 16.5. The molecule has 2 aromatic rings. The lowest BCUT2D eigenvalue weighted by Crippen LogP contribution is -2.07. The number of hydrogen-bond donors (Lipinski definition) is 1. The summed E-state index contributed by atoms with van der Waals surface area (Å²) in [6.07, 6.45) is 2.66. The summed E-state index contributed by atoms with van der Waals surface area (Å²) in [6.45, 7) is 4.15. The molecule has 20 heavy (non-hydrogen) atoms. The number of carbonyl (C=O) groups excluding carboxylic acids is 1. The number of esters is 1. The van der Waals surface area contributed by atoms with Gasteiger partial charge in [0.05, 0.1) is 23.8 Å². The van der Waals surface area contributed by atoms with Gasteiger partial charge in [-0.2, -0.15) is 10.2 Å². The van der Waals surface area contributed by atoms with E-state index in [2.05, 4.69) is 20.3 Å². The molecule has 0 bridgehead atoms. The smallest absolute Gasteiger partial charge is 0.309 e. The van der Waals surface area contributed by atoms with Gasteiger partial charge in [-0.1, -0.05) is 0 Å². The summed E-state index contributed by atoms with van der Waals surface area (Å²) < 4.78 is 6.75. The van der Waals surface area contributed by atoms with Crippen LogP contribution in [0.15, 0.2) is 6.20 Å². The van der Waals surface area contributed by atoms with Crippen LogP contribution in [0.25, 0.3) is 11.4 Å². The fourth-order valence-corrected chi connectivity index (χ4v) is 2.39. The molecule has 0 aliphatic heterocycles. The minimum absolute atomic E-state index is 0.0780. The van der Waals surface area contributed by atoms with Gasteiger partial charge < -0.3 is 4.74 Å². The Labute approximate surface area is 116 Å². The van der Waals surface area contributed by atoms with Gasteiger partial charge in [-0.25, -0.2) is 4.98 Å². The van der Waals surface area contributed by atoms with Crippen LogP contribution in [0, 0.1) is 12.8 Å². The lowest BCUT2D eigenvalue weighted by molar-refractivity contribution is -0.144. The molecule has 0 aromatic carbocycles. The minimum Gasteiger partial charge on any atom is -0.466 e. The zero-order valence-corrected chi connectivity index (χ0v) is 11.8. The van der Waals surface area contributed by atoms with Gasteiger partial charge in [-0.3, -0.25) is 14.6 Å². The summed E-state index contributed by atoms with van der Waals surface area (Å²) in [5.74, 6) is 1.26.